The van der Waals surface area contributed by atoms with Crippen LogP contribution in [0.25, 0.3) is 5.65 Å². The van der Waals surface area contributed by atoms with Gasteiger partial charge in [0.05, 0.1) is 29.0 Å². The van der Waals surface area contributed by atoms with Gasteiger partial charge in [0.15, 0.2) is 11.3 Å². The van der Waals surface area contributed by atoms with Crippen molar-refractivity contribution in [3.63, 3.8) is 0 Å². The summed E-state index contributed by atoms with van der Waals surface area (Å²) in [5.41, 5.74) is 1.96. The molecule has 1 aliphatic rings. The molecule has 9 heteroatoms. The molecule has 4 heterocycles. The van der Waals surface area contributed by atoms with Gasteiger partial charge >= 0.3 is 0 Å². The molecule has 8 nitrogen and oxygen atoms in total. The van der Waals surface area contributed by atoms with Gasteiger partial charge in [0.25, 0.3) is 5.91 Å². The Morgan fingerprint density at radius 2 is 2.23 bits per heavy atom. The molecule has 22 heavy (non-hydrogen) atoms. The van der Waals surface area contributed by atoms with Crippen molar-refractivity contribution < 1.29 is 4.79 Å². The van der Waals surface area contributed by atoms with E-state index in [9.17, 15) is 4.79 Å². The van der Waals surface area contributed by atoms with E-state index < -0.39 is 0 Å². The highest BCUT2D eigenvalue weighted by Gasteiger charge is 2.30. The maximum Gasteiger partial charge on any atom is 0.275 e. The van der Waals surface area contributed by atoms with Gasteiger partial charge in [0.1, 0.15) is 0 Å². The van der Waals surface area contributed by atoms with Crippen LogP contribution in [0.5, 0.6) is 0 Å². The van der Waals surface area contributed by atoms with Crippen molar-refractivity contribution in [3.8, 4) is 0 Å². The molecule has 0 bridgehead atoms. The number of carbonyl (C=O) groups is 1. The van der Waals surface area contributed by atoms with Crippen molar-refractivity contribution in [1.29, 1.82) is 0 Å². The summed E-state index contributed by atoms with van der Waals surface area (Å²) in [5.74, 6) is -0.110. The van der Waals surface area contributed by atoms with Crippen LogP contribution in [-0.4, -0.2) is 46.9 Å². The number of rotatable bonds is 1. The average Bonchev–Trinajstić information content (AvgIpc) is 3.12. The maximum absolute atomic E-state index is 12.8. The van der Waals surface area contributed by atoms with Crippen LogP contribution in [0.3, 0.4) is 0 Å². The van der Waals surface area contributed by atoms with Gasteiger partial charge in [-0.2, -0.15) is 5.10 Å². The van der Waals surface area contributed by atoms with Crippen LogP contribution in [-0.2, 0) is 6.54 Å². The summed E-state index contributed by atoms with van der Waals surface area (Å²) in [6.45, 7) is 3.20. The van der Waals surface area contributed by atoms with Gasteiger partial charge in [-0.05, 0) is 22.9 Å². The average molecular weight is 362 g/mol. The highest BCUT2D eigenvalue weighted by atomic mass is 79.9. The fourth-order valence-electron chi connectivity index (χ4n) is 2.70. The molecular formula is C13H12BrN7O. The first kappa shape index (κ1) is 13.4. The number of hydrogen-bond donors (Lipinski definition) is 0. The highest BCUT2D eigenvalue weighted by molar-refractivity contribution is 9.10. The zero-order chi connectivity index (χ0) is 15.3. The van der Waals surface area contributed by atoms with Gasteiger partial charge in [-0.25, -0.2) is 14.2 Å². The number of halogens is 1. The molecule has 0 aliphatic carbocycles. The van der Waals surface area contributed by atoms with Crippen LogP contribution in [0, 0.1) is 0 Å². The molecule has 0 N–H and O–H groups in total. The van der Waals surface area contributed by atoms with Gasteiger partial charge in [-0.15, -0.1) is 5.10 Å². The van der Waals surface area contributed by atoms with Crippen LogP contribution in [0.1, 0.15) is 29.1 Å². The Labute approximate surface area is 133 Å². The molecule has 1 aliphatic heterocycles. The van der Waals surface area contributed by atoms with Crippen molar-refractivity contribution in [2.24, 2.45) is 0 Å². The molecule has 0 radical (unpaired) electrons. The van der Waals surface area contributed by atoms with Crippen molar-refractivity contribution in [2.75, 3.05) is 6.54 Å². The second-order valence-electron chi connectivity index (χ2n) is 5.16. The molecule has 0 saturated heterocycles. The van der Waals surface area contributed by atoms with Crippen LogP contribution in [0.4, 0.5) is 0 Å². The SMILES string of the molecule is CC1c2cnnn2CCN1C(=O)c1cc2ncc(Br)cn2n1. The molecule has 4 rings (SSSR count). The lowest BCUT2D eigenvalue weighted by Gasteiger charge is -2.32. The summed E-state index contributed by atoms with van der Waals surface area (Å²) in [4.78, 5) is 18.8. The summed E-state index contributed by atoms with van der Waals surface area (Å²) >= 11 is 3.34. The Hall–Kier alpha value is -2.29. The third-order valence-electron chi connectivity index (χ3n) is 3.86. The van der Waals surface area contributed by atoms with E-state index >= 15 is 0 Å². The molecule has 112 valence electrons. The summed E-state index contributed by atoms with van der Waals surface area (Å²) in [7, 11) is 0. The standard InChI is InChI=1S/C13H12BrN7O/c1-8-11-6-16-18-20(11)3-2-19(8)13(22)10-4-12-15-5-9(14)7-21(12)17-10/h4-8H,2-3H2,1H3. The van der Waals surface area contributed by atoms with E-state index in [2.05, 4.69) is 36.3 Å². The van der Waals surface area contributed by atoms with Gasteiger partial charge < -0.3 is 4.90 Å². The second-order valence-corrected chi connectivity index (χ2v) is 6.08. The summed E-state index contributed by atoms with van der Waals surface area (Å²) in [5, 5.41) is 12.2. The van der Waals surface area contributed by atoms with Crippen LogP contribution in [0.15, 0.2) is 29.1 Å². The lowest BCUT2D eigenvalue weighted by molar-refractivity contribution is 0.0630. The third-order valence-corrected chi connectivity index (χ3v) is 4.27. The van der Waals surface area contributed by atoms with Gasteiger partial charge in [0.2, 0.25) is 0 Å². The molecule has 0 spiro atoms. The second kappa shape index (κ2) is 4.87. The molecule has 3 aromatic heterocycles. The van der Waals surface area contributed by atoms with Crippen molar-refractivity contribution in [3.05, 3.63) is 40.5 Å². The lowest BCUT2D eigenvalue weighted by atomic mass is 10.1. The highest BCUT2D eigenvalue weighted by Crippen LogP contribution is 2.25. The number of hydrogen-bond acceptors (Lipinski definition) is 5. The molecule has 1 atom stereocenters. The smallest absolute Gasteiger partial charge is 0.275 e. The molecular weight excluding hydrogens is 350 g/mol. The van der Waals surface area contributed by atoms with E-state index in [0.717, 1.165) is 10.2 Å². The van der Waals surface area contributed by atoms with Gasteiger partial charge in [-0.3, -0.25) is 4.79 Å². The fourth-order valence-corrected chi connectivity index (χ4v) is 3.00. The lowest BCUT2D eigenvalue weighted by Crippen LogP contribution is -2.41. The van der Waals surface area contributed by atoms with E-state index in [4.69, 9.17) is 0 Å². The largest absolute Gasteiger partial charge is 0.327 e. The van der Waals surface area contributed by atoms with Crippen LogP contribution in [0.2, 0.25) is 0 Å². The maximum atomic E-state index is 12.8. The number of nitrogens with zero attached hydrogens (tertiary/aromatic N) is 7. The van der Waals surface area contributed by atoms with Crippen molar-refractivity contribution in [2.45, 2.75) is 19.5 Å². The Kier molecular flexibility index (Phi) is 2.96. The first-order valence-electron chi connectivity index (χ1n) is 6.84. The minimum atomic E-state index is -0.110. The predicted octanol–water partition coefficient (Wildman–Crippen LogP) is 1.30. The number of fused-ring (bicyclic) bond motifs is 2. The first-order valence-corrected chi connectivity index (χ1v) is 7.63. The van der Waals surface area contributed by atoms with E-state index in [1.807, 2.05) is 11.6 Å². The molecule has 0 saturated carbocycles. The van der Waals surface area contributed by atoms with Gasteiger partial charge in [0, 0.05) is 25.0 Å². The third kappa shape index (κ3) is 2.00. The monoisotopic (exact) mass is 361 g/mol. The number of aromatic nitrogens is 6. The van der Waals surface area contributed by atoms with Crippen molar-refractivity contribution >= 4 is 27.5 Å². The topological polar surface area (TPSA) is 81.2 Å². The molecule has 3 aromatic rings. The first-order chi connectivity index (χ1) is 10.6. The zero-order valence-corrected chi connectivity index (χ0v) is 13.3. The van der Waals surface area contributed by atoms with Gasteiger partial charge in [-0.1, -0.05) is 5.21 Å². The summed E-state index contributed by atoms with van der Waals surface area (Å²) in [6, 6.07) is 1.62. The Morgan fingerprint density at radius 1 is 1.36 bits per heavy atom. The van der Waals surface area contributed by atoms with E-state index in [-0.39, 0.29) is 11.9 Å². The predicted molar refractivity (Wildman–Crippen MR) is 80.2 cm³/mol. The number of carbonyl (C=O) groups excluding carboxylic acids is 1. The molecule has 0 aromatic carbocycles. The molecule has 1 unspecified atom stereocenters. The minimum Gasteiger partial charge on any atom is -0.327 e. The fraction of sp³-hybridized carbons (Fsp3) is 0.308. The Bertz CT molecular complexity index is 870. The van der Waals surface area contributed by atoms with E-state index in [1.165, 1.54) is 0 Å². The van der Waals surface area contributed by atoms with E-state index in [0.29, 0.717) is 24.4 Å². The molecule has 0 fully saturated rings. The van der Waals surface area contributed by atoms with Crippen molar-refractivity contribution in [1.82, 2.24) is 34.5 Å². The molecule has 1 amide bonds. The zero-order valence-electron chi connectivity index (χ0n) is 11.7. The quantitative estimate of drug-likeness (QED) is 0.652. The minimum absolute atomic E-state index is 0.0826. The summed E-state index contributed by atoms with van der Waals surface area (Å²) in [6.07, 6.45) is 5.16. The summed E-state index contributed by atoms with van der Waals surface area (Å²) < 4.78 is 4.23. The Morgan fingerprint density at radius 3 is 3.09 bits per heavy atom. The van der Waals surface area contributed by atoms with E-state index in [1.54, 1.807) is 34.1 Å². The normalized spacial score (nSPS) is 17.7. The Balaban J connectivity index is 1.68. The van der Waals surface area contributed by atoms with Crippen LogP contribution >= 0.6 is 15.9 Å². The number of amides is 1. The van der Waals surface area contributed by atoms with Crippen LogP contribution < -0.4 is 0 Å².